The Morgan fingerprint density at radius 2 is 2.07 bits per heavy atom. The summed E-state index contributed by atoms with van der Waals surface area (Å²) in [7, 11) is -1.82. The van der Waals surface area contributed by atoms with E-state index in [0.29, 0.717) is 19.6 Å². The zero-order valence-corrected chi connectivity index (χ0v) is 16.0. The van der Waals surface area contributed by atoms with Gasteiger partial charge in [-0.15, -0.1) is 0 Å². The smallest absolute Gasteiger partial charge is 0.262 e. The fourth-order valence-corrected chi connectivity index (χ4v) is 5.00. The Labute approximate surface area is 158 Å². The van der Waals surface area contributed by atoms with Crippen LogP contribution in [0.1, 0.15) is 30.3 Å². The second-order valence-electron chi connectivity index (χ2n) is 6.81. The molecule has 1 aliphatic rings. The minimum absolute atomic E-state index is 0.0518. The van der Waals surface area contributed by atoms with Gasteiger partial charge in [-0.25, -0.2) is 18.4 Å². The highest BCUT2D eigenvalue weighted by atomic mass is 32.2. The van der Waals surface area contributed by atoms with Crippen molar-refractivity contribution in [3.8, 4) is 0 Å². The fraction of sp³-hybridized carbons (Fsp3) is 0.389. The minimum Gasteiger partial charge on any atom is -0.339 e. The molecule has 142 valence electrons. The zero-order chi connectivity index (χ0) is 18.9. The molecule has 27 heavy (non-hydrogen) atoms. The molecule has 0 N–H and O–H groups in total. The largest absolute Gasteiger partial charge is 0.339 e. The molecule has 0 radical (unpaired) electrons. The van der Waals surface area contributed by atoms with Gasteiger partial charge >= 0.3 is 0 Å². The Kier molecular flexibility index (Phi) is 4.79. The number of nitrogens with zero attached hydrogens (tertiary/aromatic N) is 6. The van der Waals surface area contributed by atoms with Gasteiger partial charge in [-0.2, -0.15) is 4.31 Å². The summed E-state index contributed by atoms with van der Waals surface area (Å²) in [6, 6.07) is 5.82. The number of imidazole rings is 2. The average Bonchev–Trinajstić information content (AvgIpc) is 3.32. The average molecular weight is 386 g/mol. The molecule has 1 fully saturated rings. The van der Waals surface area contributed by atoms with Crippen LogP contribution in [0.15, 0.2) is 54.3 Å². The van der Waals surface area contributed by atoms with Crippen LogP contribution in [0.2, 0.25) is 0 Å². The van der Waals surface area contributed by atoms with Crippen LogP contribution in [0.4, 0.5) is 0 Å². The van der Waals surface area contributed by atoms with Crippen molar-refractivity contribution in [3.05, 3.63) is 60.8 Å². The van der Waals surface area contributed by atoms with Gasteiger partial charge in [0, 0.05) is 50.8 Å². The molecular formula is C18H22N6O2S. The molecule has 0 aromatic carbocycles. The number of sulfonamides is 1. The van der Waals surface area contributed by atoms with Gasteiger partial charge in [-0.1, -0.05) is 6.07 Å². The molecule has 4 heterocycles. The van der Waals surface area contributed by atoms with Gasteiger partial charge in [0.05, 0.1) is 18.6 Å². The van der Waals surface area contributed by atoms with Crippen molar-refractivity contribution in [1.29, 1.82) is 0 Å². The first-order valence-electron chi connectivity index (χ1n) is 8.93. The normalized spacial score (nSPS) is 18.6. The second-order valence-corrected chi connectivity index (χ2v) is 8.70. The van der Waals surface area contributed by atoms with E-state index in [0.717, 1.165) is 24.4 Å². The molecule has 0 spiro atoms. The summed E-state index contributed by atoms with van der Waals surface area (Å²) < 4.78 is 31.0. The van der Waals surface area contributed by atoms with E-state index < -0.39 is 10.0 Å². The predicted molar refractivity (Wildman–Crippen MR) is 99.5 cm³/mol. The van der Waals surface area contributed by atoms with Crippen molar-refractivity contribution in [1.82, 2.24) is 28.4 Å². The van der Waals surface area contributed by atoms with Crippen LogP contribution in [-0.2, 0) is 23.6 Å². The topological polar surface area (TPSA) is 85.9 Å². The number of aromatic nitrogens is 5. The molecule has 1 atom stereocenters. The van der Waals surface area contributed by atoms with E-state index in [-0.39, 0.29) is 10.9 Å². The van der Waals surface area contributed by atoms with Crippen LogP contribution >= 0.6 is 0 Å². The summed E-state index contributed by atoms with van der Waals surface area (Å²) in [6.45, 7) is 1.55. The highest BCUT2D eigenvalue weighted by Gasteiger charge is 2.33. The second kappa shape index (κ2) is 7.24. The molecule has 0 amide bonds. The molecule has 8 nitrogen and oxygen atoms in total. The number of hydrogen-bond donors (Lipinski definition) is 0. The third-order valence-electron chi connectivity index (χ3n) is 4.84. The monoisotopic (exact) mass is 386 g/mol. The van der Waals surface area contributed by atoms with Gasteiger partial charge in [0.15, 0.2) is 5.03 Å². The lowest BCUT2D eigenvalue weighted by molar-refractivity contribution is 0.304. The van der Waals surface area contributed by atoms with Crippen molar-refractivity contribution >= 4 is 10.0 Å². The van der Waals surface area contributed by atoms with Gasteiger partial charge in [0.25, 0.3) is 10.0 Å². The van der Waals surface area contributed by atoms with E-state index >= 15 is 0 Å². The van der Waals surface area contributed by atoms with Crippen LogP contribution in [0.25, 0.3) is 0 Å². The lowest BCUT2D eigenvalue weighted by Crippen LogP contribution is -2.39. The lowest BCUT2D eigenvalue weighted by atomic mass is 9.99. The molecule has 3 aromatic rings. The van der Waals surface area contributed by atoms with E-state index in [1.54, 1.807) is 30.2 Å². The maximum Gasteiger partial charge on any atom is 0.262 e. The Morgan fingerprint density at radius 3 is 2.81 bits per heavy atom. The van der Waals surface area contributed by atoms with E-state index in [2.05, 4.69) is 19.5 Å². The molecule has 0 unspecified atom stereocenters. The highest BCUT2D eigenvalue weighted by Crippen LogP contribution is 2.29. The van der Waals surface area contributed by atoms with Crippen molar-refractivity contribution in [3.63, 3.8) is 0 Å². The number of aryl methyl sites for hydroxylation is 1. The van der Waals surface area contributed by atoms with E-state index in [1.165, 1.54) is 10.6 Å². The summed E-state index contributed by atoms with van der Waals surface area (Å²) in [5.74, 6) is 0.956. The van der Waals surface area contributed by atoms with Crippen LogP contribution in [0.3, 0.4) is 0 Å². The number of rotatable bonds is 5. The van der Waals surface area contributed by atoms with Gasteiger partial charge in [-0.3, -0.25) is 4.98 Å². The number of hydrogen-bond acceptors (Lipinski definition) is 5. The molecule has 9 heteroatoms. The summed E-state index contributed by atoms with van der Waals surface area (Å²) in [4.78, 5) is 12.9. The molecule has 1 saturated heterocycles. The molecule has 4 rings (SSSR count). The van der Waals surface area contributed by atoms with E-state index in [1.807, 2.05) is 24.4 Å². The Bertz CT molecular complexity index is 1010. The Hall–Kier alpha value is -2.52. The van der Waals surface area contributed by atoms with Crippen molar-refractivity contribution in [2.24, 2.45) is 7.05 Å². The Balaban J connectivity index is 1.55. The third-order valence-corrected chi connectivity index (χ3v) is 6.59. The zero-order valence-electron chi connectivity index (χ0n) is 15.1. The lowest BCUT2D eigenvalue weighted by Gasteiger charge is -2.31. The summed E-state index contributed by atoms with van der Waals surface area (Å²) in [6.07, 6.45) is 10.2. The summed E-state index contributed by atoms with van der Waals surface area (Å²) in [5.41, 5.74) is 0.950. The first kappa shape index (κ1) is 17.9. The molecule has 0 aliphatic carbocycles. The van der Waals surface area contributed by atoms with Crippen molar-refractivity contribution in [2.75, 3.05) is 13.1 Å². The predicted octanol–water partition coefficient (Wildman–Crippen LogP) is 1.63. The van der Waals surface area contributed by atoms with Crippen LogP contribution in [0, 0.1) is 0 Å². The first-order chi connectivity index (χ1) is 13.0. The van der Waals surface area contributed by atoms with E-state index in [9.17, 15) is 8.42 Å². The van der Waals surface area contributed by atoms with Crippen LogP contribution < -0.4 is 0 Å². The SMILES string of the molecule is Cn1cnc(S(=O)(=O)N2CCC[C@@H](c3nccn3Cc3ccccn3)C2)c1. The standard InChI is InChI=1S/C18H22N6O2S/c1-22-13-17(21-14-22)27(25,26)24-9-4-5-15(11-24)18-20-8-10-23(18)12-16-6-2-3-7-19-16/h2-3,6-8,10,13-15H,4-5,9,11-12H2,1H3/t15-/m1/s1. The van der Waals surface area contributed by atoms with E-state index in [4.69, 9.17) is 0 Å². The number of pyridine rings is 1. The minimum atomic E-state index is -3.58. The summed E-state index contributed by atoms with van der Waals surface area (Å²) >= 11 is 0. The first-order valence-corrected chi connectivity index (χ1v) is 10.4. The molecule has 0 bridgehead atoms. The van der Waals surface area contributed by atoms with Gasteiger partial charge in [0.2, 0.25) is 0 Å². The quantitative estimate of drug-likeness (QED) is 0.665. The van der Waals surface area contributed by atoms with Crippen LogP contribution in [-0.4, -0.2) is 49.9 Å². The number of piperidine rings is 1. The van der Waals surface area contributed by atoms with Crippen molar-refractivity contribution in [2.45, 2.75) is 30.3 Å². The molecule has 1 aliphatic heterocycles. The maximum absolute atomic E-state index is 12.9. The van der Waals surface area contributed by atoms with Gasteiger partial charge in [0.1, 0.15) is 5.82 Å². The molecule has 3 aromatic heterocycles. The van der Waals surface area contributed by atoms with Gasteiger partial charge in [-0.05, 0) is 25.0 Å². The molecule has 0 saturated carbocycles. The Morgan fingerprint density at radius 1 is 1.19 bits per heavy atom. The fourth-order valence-electron chi connectivity index (χ4n) is 3.51. The summed E-state index contributed by atoms with van der Waals surface area (Å²) in [5, 5.41) is 0.0995. The third kappa shape index (κ3) is 3.65. The highest BCUT2D eigenvalue weighted by molar-refractivity contribution is 7.89. The van der Waals surface area contributed by atoms with Crippen LogP contribution in [0.5, 0.6) is 0 Å². The van der Waals surface area contributed by atoms with Gasteiger partial charge < -0.3 is 9.13 Å². The molecular weight excluding hydrogens is 364 g/mol. The maximum atomic E-state index is 12.9. The van der Waals surface area contributed by atoms with Crippen molar-refractivity contribution < 1.29 is 8.42 Å².